The molecule has 1 aromatic heterocycles. The quantitative estimate of drug-likeness (QED) is 0.436. The first kappa shape index (κ1) is 18.6. The lowest BCUT2D eigenvalue weighted by atomic mass is 10.2. The summed E-state index contributed by atoms with van der Waals surface area (Å²) in [5.74, 6) is -0.794. The van der Waals surface area contributed by atoms with Crippen molar-refractivity contribution in [3.8, 4) is 0 Å². The van der Waals surface area contributed by atoms with Gasteiger partial charge in [0.25, 0.3) is 0 Å². The molecule has 0 fully saturated rings. The Bertz CT molecular complexity index is 821. The van der Waals surface area contributed by atoms with Gasteiger partial charge in [-0.1, -0.05) is 35.1 Å². The first-order valence-electron chi connectivity index (χ1n) is 7.06. The lowest BCUT2D eigenvalue weighted by molar-refractivity contribution is -0.380. The minimum absolute atomic E-state index is 0.0102. The summed E-state index contributed by atoms with van der Waals surface area (Å²) in [4.78, 5) is 34.0. The van der Waals surface area contributed by atoms with E-state index in [9.17, 15) is 19.7 Å². The molecule has 0 bridgehead atoms. The van der Waals surface area contributed by atoms with Gasteiger partial charge in [-0.2, -0.15) is 5.10 Å². The van der Waals surface area contributed by atoms with Crippen LogP contribution in [0.1, 0.15) is 17.7 Å². The third kappa shape index (κ3) is 5.98. The third-order valence-corrected chi connectivity index (χ3v) is 4.20. The van der Waals surface area contributed by atoms with Crippen LogP contribution in [-0.4, -0.2) is 23.0 Å². The summed E-state index contributed by atoms with van der Waals surface area (Å²) >= 11 is 6.86. The van der Waals surface area contributed by atoms with E-state index in [0.29, 0.717) is 15.6 Å². The molecule has 0 aliphatic rings. The Morgan fingerprint density at radius 2 is 1.92 bits per heavy atom. The monoisotopic (exact) mass is 380 g/mol. The fraction of sp³-hybridized carbons (Fsp3) is 0.133. The van der Waals surface area contributed by atoms with E-state index in [1.54, 1.807) is 24.3 Å². The highest BCUT2D eigenvalue weighted by Gasteiger charge is 2.09. The lowest BCUT2D eigenvalue weighted by Crippen LogP contribution is -2.20. The smallest absolute Gasteiger partial charge is 0.324 e. The predicted molar refractivity (Wildman–Crippen MR) is 96.0 cm³/mol. The Morgan fingerprint density at radius 1 is 1.20 bits per heavy atom. The number of carbonyl (C=O) groups excluding carboxylic acids is 2. The van der Waals surface area contributed by atoms with Crippen LogP contribution in [0.3, 0.4) is 0 Å². The first-order chi connectivity index (χ1) is 12.0. The summed E-state index contributed by atoms with van der Waals surface area (Å²) in [6, 6.07) is 9.66. The van der Waals surface area contributed by atoms with Crippen LogP contribution in [-0.2, 0) is 9.59 Å². The van der Waals surface area contributed by atoms with Crippen LogP contribution in [0.2, 0.25) is 5.02 Å². The zero-order valence-corrected chi connectivity index (χ0v) is 14.3. The molecular formula is C15H13ClN4O4S. The van der Waals surface area contributed by atoms with E-state index in [0.717, 1.165) is 11.3 Å². The Kier molecular flexibility index (Phi) is 6.61. The van der Waals surface area contributed by atoms with E-state index in [2.05, 4.69) is 15.8 Å². The van der Waals surface area contributed by atoms with Crippen LogP contribution in [0.15, 0.2) is 41.5 Å². The second-order valence-corrected chi connectivity index (χ2v) is 6.26. The molecule has 0 radical (unpaired) electrons. The maximum Gasteiger partial charge on any atom is 0.324 e. The first-order valence-corrected chi connectivity index (χ1v) is 8.25. The molecule has 0 aliphatic heterocycles. The van der Waals surface area contributed by atoms with Gasteiger partial charge in [-0.3, -0.25) is 19.7 Å². The number of carbonyl (C=O) groups is 2. The molecule has 0 saturated carbocycles. The van der Waals surface area contributed by atoms with Crippen molar-refractivity contribution in [2.45, 2.75) is 12.8 Å². The number of thiophene rings is 1. The molecule has 25 heavy (non-hydrogen) atoms. The second-order valence-electron chi connectivity index (χ2n) is 4.75. The van der Waals surface area contributed by atoms with Gasteiger partial charge in [0.2, 0.25) is 11.8 Å². The Hall–Kier alpha value is -2.78. The maximum atomic E-state index is 11.8. The number of hydrogen-bond donors (Lipinski definition) is 2. The van der Waals surface area contributed by atoms with Gasteiger partial charge in [0, 0.05) is 18.9 Å². The molecule has 2 amide bonds. The zero-order valence-electron chi connectivity index (χ0n) is 12.8. The molecule has 0 unspecified atom stereocenters. The SMILES string of the molecule is O=C(CCC(=O)Nc1ccccc1Cl)NN=Cc1ccc([N+](=O)[O-])s1. The van der Waals surface area contributed by atoms with Gasteiger partial charge in [0.05, 0.1) is 26.7 Å². The normalized spacial score (nSPS) is 10.6. The van der Waals surface area contributed by atoms with Crippen LogP contribution < -0.4 is 10.7 Å². The molecule has 2 rings (SSSR count). The fourth-order valence-corrected chi connectivity index (χ4v) is 2.61. The summed E-state index contributed by atoms with van der Waals surface area (Å²) in [6.07, 6.45) is 1.22. The number of nitrogens with zero attached hydrogens (tertiary/aromatic N) is 2. The topological polar surface area (TPSA) is 114 Å². The van der Waals surface area contributed by atoms with E-state index in [1.165, 1.54) is 18.3 Å². The van der Waals surface area contributed by atoms with Gasteiger partial charge < -0.3 is 5.32 Å². The molecule has 0 spiro atoms. The largest absolute Gasteiger partial charge is 0.325 e. The van der Waals surface area contributed by atoms with E-state index in [1.807, 2.05) is 0 Å². The number of nitro groups is 1. The Labute approximate surface area is 151 Å². The number of amides is 2. The summed E-state index contributed by atoms with van der Waals surface area (Å²) in [6.45, 7) is 0. The van der Waals surface area contributed by atoms with E-state index >= 15 is 0 Å². The lowest BCUT2D eigenvalue weighted by Gasteiger charge is -2.06. The molecule has 2 aromatic rings. The summed E-state index contributed by atoms with van der Waals surface area (Å²) in [5, 5.41) is 17.3. The minimum atomic E-state index is -0.502. The van der Waals surface area contributed by atoms with Gasteiger partial charge in [0.15, 0.2) is 0 Å². The van der Waals surface area contributed by atoms with Gasteiger partial charge in [-0.25, -0.2) is 5.43 Å². The number of para-hydroxylation sites is 1. The summed E-state index contributed by atoms with van der Waals surface area (Å²) < 4.78 is 0. The zero-order chi connectivity index (χ0) is 18.2. The molecule has 0 saturated heterocycles. The average molecular weight is 381 g/mol. The number of benzene rings is 1. The van der Waals surface area contributed by atoms with Crippen molar-refractivity contribution in [3.63, 3.8) is 0 Å². The van der Waals surface area contributed by atoms with Crippen LogP contribution in [0.4, 0.5) is 10.7 Å². The molecule has 1 aromatic carbocycles. The van der Waals surface area contributed by atoms with Crippen molar-refractivity contribution in [2.24, 2.45) is 5.10 Å². The van der Waals surface area contributed by atoms with Gasteiger partial charge in [-0.05, 0) is 18.2 Å². The highest BCUT2D eigenvalue weighted by Crippen LogP contribution is 2.22. The Morgan fingerprint density at radius 3 is 2.60 bits per heavy atom. The van der Waals surface area contributed by atoms with E-state index < -0.39 is 10.8 Å². The molecule has 2 N–H and O–H groups in total. The standard InChI is InChI=1S/C15H13ClN4O4S/c16-11-3-1-2-4-12(11)18-13(21)6-7-14(22)19-17-9-10-5-8-15(25-10)20(23)24/h1-5,8-9H,6-7H2,(H,18,21)(H,19,22). The average Bonchev–Trinajstić information content (AvgIpc) is 3.04. The minimum Gasteiger partial charge on any atom is -0.325 e. The molecule has 0 aliphatic carbocycles. The fourth-order valence-electron chi connectivity index (χ4n) is 1.74. The highest BCUT2D eigenvalue weighted by atomic mass is 35.5. The molecular weight excluding hydrogens is 368 g/mol. The van der Waals surface area contributed by atoms with E-state index in [-0.39, 0.29) is 23.7 Å². The highest BCUT2D eigenvalue weighted by molar-refractivity contribution is 7.16. The number of hydrazone groups is 1. The van der Waals surface area contributed by atoms with Crippen molar-refractivity contribution in [3.05, 3.63) is 56.4 Å². The van der Waals surface area contributed by atoms with E-state index in [4.69, 9.17) is 11.6 Å². The van der Waals surface area contributed by atoms with Gasteiger partial charge >= 0.3 is 5.00 Å². The molecule has 1 heterocycles. The second kappa shape index (κ2) is 8.90. The molecule has 10 heteroatoms. The number of halogens is 1. The number of hydrogen-bond acceptors (Lipinski definition) is 6. The number of rotatable bonds is 7. The summed E-state index contributed by atoms with van der Waals surface area (Å²) in [5.41, 5.74) is 2.74. The van der Waals surface area contributed by atoms with Gasteiger partial charge in [0.1, 0.15) is 0 Å². The van der Waals surface area contributed by atoms with Crippen LogP contribution in [0.25, 0.3) is 0 Å². The van der Waals surface area contributed by atoms with Crippen molar-refractivity contribution in [2.75, 3.05) is 5.32 Å². The third-order valence-electron chi connectivity index (χ3n) is 2.90. The van der Waals surface area contributed by atoms with Crippen molar-refractivity contribution in [1.82, 2.24) is 5.43 Å². The maximum absolute atomic E-state index is 11.8. The van der Waals surface area contributed by atoms with Crippen LogP contribution >= 0.6 is 22.9 Å². The summed E-state index contributed by atoms with van der Waals surface area (Å²) in [7, 11) is 0. The van der Waals surface area contributed by atoms with Crippen molar-refractivity contribution in [1.29, 1.82) is 0 Å². The molecule has 130 valence electrons. The molecule has 8 nitrogen and oxygen atoms in total. The molecule has 0 atom stereocenters. The van der Waals surface area contributed by atoms with Crippen LogP contribution in [0, 0.1) is 10.1 Å². The van der Waals surface area contributed by atoms with Crippen molar-refractivity contribution >= 4 is 51.7 Å². The Balaban J connectivity index is 1.74. The number of nitrogens with one attached hydrogen (secondary N) is 2. The van der Waals surface area contributed by atoms with Crippen LogP contribution in [0.5, 0.6) is 0 Å². The van der Waals surface area contributed by atoms with Crippen molar-refractivity contribution < 1.29 is 14.5 Å². The predicted octanol–water partition coefficient (Wildman–Crippen LogP) is 3.18. The number of anilines is 1. The van der Waals surface area contributed by atoms with Gasteiger partial charge in [-0.15, -0.1) is 0 Å².